The lowest BCUT2D eigenvalue weighted by atomic mass is 10.0. The highest BCUT2D eigenvalue weighted by Crippen LogP contribution is 2.33. The molecule has 1 aromatic carbocycles. The highest BCUT2D eigenvalue weighted by molar-refractivity contribution is 6.30. The molecule has 1 saturated heterocycles. The highest BCUT2D eigenvalue weighted by Gasteiger charge is 2.26. The van der Waals surface area contributed by atoms with Crippen molar-refractivity contribution in [3.05, 3.63) is 39.4 Å². The number of anilines is 4. The average Bonchev–Trinajstić information content (AvgIpc) is 2.56. The van der Waals surface area contributed by atoms with Crippen LogP contribution in [0.1, 0.15) is 19.8 Å². The van der Waals surface area contributed by atoms with Gasteiger partial charge in [0.25, 0.3) is 0 Å². The summed E-state index contributed by atoms with van der Waals surface area (Å²) in [6.07, 6.45) is 2.18. The SMILES string of the molecule is C[C@@H]1CCCN(c2nc(N)c([N+](=O)[O-])c(Nc3ccc(Cl)cc3)n2)C1. The monoisotopic (exact) mass is 362 g/mol. The van der Waals surface area contributed by atoms with Crippen molar-refractivity contribution in [2.45, 2.75) is 19.8 Å². The van der Waals surface area contributed by atoms with Gasteiger partial charge in [-0.3, -0.25) is 10.1 Å². The van der Waals surface area contributed by atoms with Crippen LogP contribution in [0.3, 0.4) is 0 Å². The Hall–Kier alpha value is -2.61. The largest absolute Gasteiger partial charge is 0.378 e. The second-order valence-electron chi connectivity index (χ2n) is 6.19. The van der Waals surface area contributed by atoms with E-state index in [1.165, 1.54) is 0 Å². The van der Waals surface area contributed by atoms with Gasteiger partial charge in [0, 0.05) is 23.8 Å². The lowest BCUT2D eigenvalue weighted by Crippen LogP contribution is -2.35. The smallest absolute Gasteiger partial charge is 0.353 e. The molecule has 2 heterocycles. The van der Waals surface area contributed by atoms with Crippen molar-refractivity contribution in [1.82, 2.24) is 9.97 Å². The van der Waals surface area contributed by atoms with Crippen LogP contribution in [-0.4, -0.2) is 28.0 Å². The average molecular weight is 363 g/mol. The van der Waals surface area contributed by atoms with Gasteiger partial charge in [-0.15, -0.1) is 0 Å². The Morgan fingerprint density at radius 2 is 2.08 bits per heavy atom. The van der Waals surface area contributed by atoms with Gasteiger partial charge in [-0.25, -0.2) is 0 Å². The van der Waals surface area contributed by atoms with Gasteiger partial charge in [-0.2, -0.15) is 9.97 Å². The van der Waals surface area contributed by atoms with Crippen molar-refractivity contribution in [3.63, 3.8) is 0 Å². The summed E-state index contributed by atoms with van der Waals surface area (Å²) in [6, 6.07) is 6.81. The number of nitrogens with two attached hydrogens (primary N) is 1. The van der Waals surface area contributed by atoms with Crippen LogP contribution >= 0.6 is 11.6 Å². The normalized spacial score (nSPS) is 17.4. The molecular formula is C16H19ClN6O2. The summed E-state index contributed by atoms with van der Waals surface area (Å²) < 4.78 is 0. The van der Waals surface area contributed by atoms with Crippen LogP contribution in [0.4, 0.5) is 29.0 Å². The van der Waals surface area contributed by atoms with Crippen LogP contribution in [0.5, 0.6) is 0 Å². The molecule has 25 heavy (non-hydrogen) atoms. The van der Waals surface area contributed by atoms with E-state index in [0.717, 1.165) is 25.9 Å². The van der Waals surface area contributed by atoms with Crippen LogP contribution in [0.15, 0.2) is 24.3 Å². The van der Waals surface area contributed by atoms with Gasteiger partial charge in [-0.05, 0) is 43.0 Å². The first-order valence-electron chi connectivity index (χ1n) is 8.03. The molecule has 2 aromatic rings. The molecular weight excluding hydrogens is 344 g/mol. The number of nitrogen functional groups attached to an aromatic ring is 1. The van der Waals surface area contributed by atoms with E-state index in [4.69, 9.17) is 17.3 Å². The molecule has 1 atom stereocenters. The quantitative estimate of drug-likeness (QED) is 0.631. The Morgan fingerprint density at radius 1 is 1.36 bits per heavy atom. The van der Waals surface area contributed by atoms with Gasteiger partial charge in [0.1, 0.15) is 0 Å². The summed E-state index contributed by atoms with van der Waals surface area (Å²) in [4.78, 5) is 21.4. The Bertz CT molecular complexity index is 783. The minimum atomic E-state index is -0.573. The number of piperidine rings is 1. The Balaban J connectivity index is 1.98. The van der Waals surface area contributed by atoms with E-state index in [2.05, 4.69) is 22.2 Å². The van der Waals surface area contributed by atoms with Gasteiger partial charge in [0.05, 0.1) is 4.92 Å². The Morgan fingerprint density at radius 3 is 2.72 bits per heavy atom. The van der Waals surface area contributed by atoms with Gasteiger partial charge in [0.15, 0.2) is 0 Å². The van der Waals surface area contributed by atoms with E-state index >= 15 is 0 Å². The van der Waals surface area contributed by atoms with Gasteiger partial charge in [-0.1, -0.05) is 18.5 Å². The Kier molecular flexibility index (Phi) is 4.89. The molecule has 1 aliphatic heterocycles. The van der Waals surface area contributed by atoms with Crippen molar-refractivity contribution < 1.29 is 4.92 Å². The van der Waals surface area contributed by atoms with E-state index in [1.54, 1.807) is 24.3 Å². The molecule has 0 aliphatic carbocycles. The third-order valence-corrected chi connectivity index (χ3v) is 4.38. The van der Waals surface area contributed by atoms with Crippen LogP contribution in [0.2, 0.25) is 5.02 Å². The molecule has 0 saturated carbocycles. The summed E-state index contributed by atoms with van der Waals surface area (Å²) in [5, 5.41) is 14.9. The summed E-state index contributed by atoms with van der Waals surface area (Å²) in [5.41, 5.74) is 6.16. The molecule has 0 unspecified atom stereocenters. The van der Waals surface area contributed by atoms with Crippen molar-refractivity contribution in [3.8, 4) is 0 Å². The van der Waals surface area contributed by atoms with Crippen LogP contribution in [0, 0.1) is 16.0 Å². The molecule has 3 rings (SSSR count). The Labute approximate surface area is 150 Å². The number of benzene rings is 1. The number of rotatable bonds is 4. The summed E-state index contributed by atoms with van der Waals surface area (Å²) >= 11 is 5.87. The number of nitrogens with zero attached hydrogens (tertiary/aromatic N) is 4. The van der Waals surface area contributed by atoms with Crippen LogP contribution < -0.4 is 16.0 Å². The molecule has 0 spiro atoms. The van der Waals surface area contributed by atoms with Gasteiger partial charge in [0.2, 0.25) is 17.6 Å². The molecule has 9 heteroatoms. The maximum atomic E-state index is 11.4. The number of hydrogen-bond acceptors (Lipinski definition) is 7. The fourth-order valence-electron chi connectivity index (χ4n) is 2.91. The molecule has 1 aromatic heterocycles. The zero-order chi connectivity index (χ0) is 18.0. The molecule has 1 fully saturated rings. The van der Waals surface area contributed by atoms with E-state index in [0.29, 0.717) is 22.6 Å². The molecule has 0 bridgehead atoms. The first-order chi connectivity index (χ1) is 11.9. The van der Waals surface area contributed by atoms with E-state index < -0.39 is 4.92 Å². The fraction of sp³-hybridized carbons (Fsp3) is 0.375. The summed E-state index contributed by atoms with van der Waals surface area (Å²) in [6.45, 7) is 3.77. The second kappa shape index (κ2) is 7.10. The number of nitro groups is 1. The molecule has 3 N–H and O–H groups in total. The molecule has 0 radical (unpaired) electrons. The molecule has 8 nitrogen and oxygen atoms in total. The molecule has 1 aliphatic rings. The number of halogens is 1. The lowest BCUT2D eigenvalue weighted by molar-refractivity contribution is -0.383. The number of hydrogen-bond donors (Lipinski definition) is 2. The summed E-state index contributed by atoms with van der Waals surface area (Å²) in [5.74, 6) is 0.852. The standard InChI is InChI=1S/C16H19ClN6O2/c1-10-3-2-8-22(9-10)16-20-14(18)13(23(24)25)15(21-16)19-12-6-4-11(17)5-7-12/h4-7,10H,2-3,8-9H2,1H3,(H3,18,19,20,21)/t10-/m1/s1. The topological polar surface area (TPSA) is 110 Å². The zero-order valence-corrected chi connectivity index (χ0v) is 14.5. The predicted molar refractivity (Wildman–Crippen MR) is 98.4 cm³/mol. The lowest BCUT2D eigenvalue weighted by Gasteiger charge is -2.31. The van der Waals surface area contributed by atoms with Gasteiger partial charge >= 0.3 is 5.69 Å². The van der Waals surface area contributed by atoms with E-state index in [1.807, 2.05) is 4.90 Å². The second-order valence-corrected chi connectivity index (χ2v) is 6.62. The van der Waals surface area contributed by atoms with Crippen LogP contribution in [-0.2, 0) is 0 Å². The van der Waals surface area contributed by atoms with Crippen molar-refractivity contribution in [2.75, 3.05) is 29.0 Å². The van der Waals surface area contributed by atoms with Crippen LogP contribution in [0.25, 0.3) is 0 Å². The molecule has 0 amide bonds. The number of aromatic nitrogens is 2. The maximum absolute atomic E-state index is 11.4. The third kappa shape index (κ3) is 3.90. The number of nitrogens with one attached hydrogen (secondary N) is 1. The summed E-state index contributed by atoms with van der Waals surface area (Å²) in [7, 11) is 0. The fourth-order valence-corrected chi connectivity index (χ4v) is 3.04. The minimum Gasteiger partial charge on any atom is -0.378 e. The third-order valence-electron chi connectivity index (χ3n) is 4.13. The van der Waals surface area contributed by atoms with Crippen molar-refractivity contribution in [1.29, 1.82) is 0 Å². The zero-order valence-electron chi connectivity index (χ0n) is 13.8. The van der Waals surface area contributed by atoms with E-state index in [9.17, 15) is 10.1 Å². The van der Waals surface area contributed by atoms with Crippen molar-refractivity contribution in [2.24, 2.45) is 5.92 Å². The highest BCUT2D eigenvalue weighted by atomic mass is 35.5. The maximum Gasteiger partial charge on any atom is 0.353 e. The first-order valence-corrected chi connectivity index (χ1v) is 8.41. The first kappa shape index (κ1) is 17.2. The van der Waals surface area contributed by atoms with Crippen molar-refractivity contribution >= 4 is 40.6 Å². The molecule has 132 valence electrons. The minimum absolute atomic E-state index is 0.0769. The van der Waals surface area contributed by atoms with E-state index in [-0.39, 0.29) is 17.3 Å². The predicted octanol–water partition coefficient (Wildman–Crippen LogP) is 3.60. The van der Waals surface area contributed by atoms with Gasteiger partial charge < -0.3 is 16.0 Å².